The molecule has 1 saturated heterocycles. The van der Waals surface area contributed by atoms with Crippen molar-refractivity contribution in [2.75, 3.05) is 12.8 Å². The third-order valence-corrected chi connectivity index (χ3v) is 8.23. The molecule has 3 aliphatic rings. The molecule has 0 aromatic rings. The van der Waals surface area contributed by atoms with Crippen molar-refractivity contribution in [2.45, 2.75) is 62.7 Å². The molecule has 0 aromatic carbocycles. The van der Waals surface area contributed by atoms with E-state index in [2.05, 4.69) is 5.32 Å². The van der Waals surface area contributed by atoms with E-state index in [1.807, 2.05) is 7.05 Å². The zero-order chi connectivity index (χ0) is 13.5. The molecular weight excluding hydrogens is 258 g/mol. The first-order valence-corrected chi connectivity index (χ1v) is 9.70. The Kier molecular flexibility index (Phi) is 3.91. The molecule has 3 rings (SSSR count). The third-order valence-electron chi connectivity index (χ3n) is 5.89. The zero-order valence-corrected chi connectivity index (χ0v) is 12.8. The predicted octanol–water partition coefficient (Wildman–Crippen LogP) is 2.37. The molecule has 1 aliphatic heterocycles. The van der Waals surface area contributed by atoms with Crippen molar-refractivity contribution >= 4 is 9.84 Å². The van der Waals surface area contributed by atoms with E-state index in [9.17, 15) is 8.42 Å². The summed E-state index contributed by atoms with van der Waals surface area (Å²) in [5.74, 6) is 3.04. The molecule has 3 fully saturated rings. The molecule has 110 valence electrons. The maximum Gasteiger partial charge on any atom is 0.154 e. The van der Waals surface area contributed by atoms with Gasteiger partial charge in [-0.15, -0.1) is 0 Å². The summed E-state index contributed by atoms with van der Waals surface area (Å²) in [5.41, 5.74) is 0. The van der Waals surface area contributed by atoms with Gasteiger partial charge in [0.1, 0.15) is 0 Å². The summed E-state index contributed by atoms with van der Waals surface area (Å²) in [6.07, 6.45) is 9.49. The minimum atomic E-state index is -2.85. The smallest absolute Gasteiger partial charge is 0.154 e. The molecular formula is C15H27NO2S. The molecule has 1 heterocycles. The predicted molar refractivity (Wildman–Crippen MR) is 77.8 cm³/mol. The van der Waals surface area contributed by atoms with E-state index in [-0.39, 0.29) is 11.3 Å². The van der Waals surface area contributed by atoms with Gasteiger partial charge < -0.3 is 5.32 Å². The SMILES string of the molecule is CNC(CC1CC2CCC1C2)C1CCCCS1(=O)=O. The van der Waals surface area contributed by atoms with Crippen LogP contribution in [0.3, 0.4) is 0 Å². The van der Waals surface area contributed by atoms with Crippen LogP contribution < -0.4 is 5.32 Å². The number of hydrogen-bond acceptors (Lipinski definition) is 3. The highest BCUT2D eigenvalue weighted by Gasteiger charge is 2.43. The van der Waals surface area contributed by atoms with Gasteiger partial charge in [0.15, 0.2) is 9.84 Å². The maximum atomic E-state index is 12.3. The van der Waals surface area contributed by atoms with Gasteiger partial charge in [0.05, 0.1) is 11.0 Å². The highest BCUT2D eigenvalue weighted by Crippen LogP contribution is 2.50. The van der Waals surface area contributed by atoms with Crippen molar-refractivity contribution in [3.8, 4) is 0 Å². The summed E-state index contributed by atoms with van der Waals surface area (Å²) in [4.78, 5) is 0. The summed E-state index contributed by atoms with van der Waals surface area (Å²) < 4.78 is 24.6. The highest BCUT2D eigenvalue weighted by molar-refractivity contribution is 7.92. The molecule has 0 radical (unpaired) electrons. The second-order valence-corrected chi connectivity index (χ2v) is 9.31. The average molecular weight is 285 g/mol. The molecule has 19 heavy (non-hydrogen) atoms. The quantitative estimate of drug-likeness (QED) is 0.862. The van der Waals surface area contributed by atoms with E-state index in [1.54, 1.807) is 0 Å². The molecule has 2 saturated carbocycles. The Morgan fingerprint density at radius 3 is 2.58 bits per heavy atom. The summed E-state index contributed by atoms with van der Waals surface area (Å²) in [6, 6.07) is 0.189. The standard InChI is InChI=1S/C15H27NO2S/c1-16-14(15-4-2-3-7-19(15,17)18)10-13-9-11-5-6-12(13)8-11/h11-16H,2-10H2,1H3. The lowest BCUT2D eigenvalue weighted by Gasteiger charge is -2.33. The molecule has 0 amide bonds. The van der Waals surface area contributed by atoms with Gasteiger partial charge in [-0.05, 0) is 63.3 Å². The van der Waals surface area contributed by atoms with Crippen LogP contribution in [0.1, 0.15) is 51.4 Å². The molecule has 5 atom stereocenters. The van der Waals surface area contributed by atoms with Gasteiger partial charge in [-0.3, -0.25) is 0 Å². The Labute approximate surface area is 117 Å². The number of nitrogens with one attached hydrogen (secondary N) is 1. The minimum Gasteiger partial charge on any atom is -0.316 e. The van der Waals surface area contributed by atoms with Crippen molar-refractivity contribution in [3.05, 3.63) is 0 Å². The first kappa shape index (κ1) is 13.9. The van der Waals surface area contributed by atoms with Gasteiger partial charge in [-0.2, -0.15) is 0 Å². The summed E-state index contributed by atoms with van der Waals surface area (Å²) in [5, 5.41) is 3.21. The van der Waals surface area contributed by atoms with Crippen molar-refractivity contribution in [3.63, 3.8) is 0 Å². The van der Waals surface area contributed by atoms with Crippen LogP contribution in [0.2, 0.25) is 0 Å². The van der Waals surface area contributed by atoms with Gasteiger partial charge in [0.2, 0.25) is 0 Å². The normalized spacial score (nSPS) is 42.4. The van der Waals surface area contributed by atoms with E-state index >= 15 is 0 Å². The molecule has 4 heteroatoms. The molecule has 0 spiro atoms. The van der Waals surface area contributed by atoms with E-state index in [0.717, 1.165) is 43.4 Å². The van der Waals surface area contributed by atoms with Gasteiger partial charge in [0.25, 0.3) is 0 Å². The second-order valence-electron chi connectivity index (χ2n) is 6.97. The monoisotopic (exact) mass is 285 g/mol. The van der Waals surface area contributed by atoms with Crippen LogP contribution in [0.25, 0.3) is 0 Å². The van der Waals surface area contributed by atoms with Gasteiger partial charge in [-0.25, -0.2) is 8.42 Å². The Morgan fingerprint density at radius 2 is 2.00 bits per heavy atom. The lowest BCUT2D eigenvalue weighted by atomic mass is 9.83. The van der Waals surface area contributed by atoms with Crippen LogP contribution >= 0.6 is 0 Å². The van der Waals surface area contributed by atoms with Gasteiger partial charge in [0, 0.05) is 6.04 Å². The van der Waals surface area contributed by atoms with Crippen LogP contribution in [0, 0.1) is 17.8 Å². The molecule has 0 aromatic heterocycles. The topological polar surface area (TPSA) is 46.2 Å². The second kappa shape index (κ2) is 5.36. The van der Waals surface area contributed by atoms with Crippen LogP contribution in [0.5, 0.6) is 0 Å². The molecule has 3 nitrogen and oxygen atoms in total. The Bertz CT molecular complexity index is 420. The largest absolute Gasteiger partial charge is 0.316 e. The Hall–Kier alpha value is -0.0900. The fourth-order valence-electron chi connectivity index (χ4n) is 4.88. The van der Waals surface area contributed by atoms with Crippen molar-refractivity contribution in [2.24, 2.45) is 17.8 Å². The molecule has 2 aliphatic carbocycles. The lowest BCUT2D eigenvalue weighted by Crippen LogP contribution is -2.46. The average Bonchev–Trinajstić information content (AvgIpc) is 2.98. The Morgan fingerprint density at radius 1 is 1.16 bits per heavy atom. The maximum absolute atomic E-state index is 12.3. The number of sulfone groups is 1. The van der Waals surface area contributed by atoms with Crippen LogP contribution in [-0.2, 0) is 9.84 Å². The van der Waals surface area contributed by atoms with E-state index < -0.39 is 9.84 Å². The van der Waals surface area contributed by atoms with Gasteiger partial charge >= 0.3 is 0 Å². The lowest BCUT2D eigenvalue weighted by molar-refractivity contribution is 0.273. The first-order chi connectivity index (χ1) is 9.10. The molecule has 2 bridgehead atoms. The van der Waals surface area contributed by atoms with Gasteiger partial charge in [-0.1, -0.05) is 12.8 Å². The number of fused-ring (bicyclic) bond motifs is 2. The molecule has 5 unspecified atom stereocenters. The summed E-state index contributed by atoms with van der Waals surface area (Å²) in [6.45, 7) is 0. The zero-order valence-electron chi connectivity index (χ0n) is 12.0. The summed E-state index contributed by atoms with van der Waals surface area (Å²) >= 11 is 0. The summed E-state index contributed by atoms with van der Waals surface area (Å²) in [7, 11) is -0.906. The molecule has 1 N–H and O–H groups in total. The number of hydrogen-bond donors (Lipinski definition) is 1. The minimum absolute atomic E-state index is 0.120. The van der Waals surface area contributed by atoms with Crippen molar-refractivity contribution in [1.82, 2.24) is 5.32 Å². The van der Waals surface area contributed by atoms with Crippen LogP contribution in [0.15, 0.2) is 0 Å². The van der Waals surface area contributed by atoms with Crippen molar-refractivity contribution < 1.29 is 8.42 Å². The van der Waals surface area contributed by atoms with E-state index in [0.29, 0.717) is 5.75 Å². The van der Waals surface area contributed by atoms with E-state index in [4.69, 9.17) is 0 Å². The number of rotatable bonds is 4. The fraction of sp³-hybridized carbons (Fsp3) is 1.00. The van der Waals surface area contributed by atoms with Crippen LogP contribution in [0.4, 0.5) is 0 Å². The highest BCUT2D eigenvalue weighted by atomic mass is 32.2. The third kappa shape index (κ3) is 2.71. The van der Waals surface area contributed by atoms with Crippen LogP contribution in [-0.4, -0.2) is 32.5 Å². The van der Waals surface area contributed by atoms with E-state index in [1.165, 1.54) is 25.7 Å². The van der Waals surface area contributed by atoms with Crippen molar-refractivity contribution in [1.29, 1.82) is 0 Å². The fourth-order valence-corrected chi connectivity index (χ4v) is 7.06. The Balaban J connectivity index is 1.67. The first-order valence-electron chi connectivity index (χ1n) is 7.99.